The third-order valence-electron chi connectivity index (χ3n) is 4.49. The van der Waals surface area contributed by atoms with Crippen LogP contribution in [0.4, 0.5) is 10.5 Å². The van der Waals surface area contributed by atoms with Crippen molar-refractivity contribution in [1.29, 1.82) is 0 Å². The van der Waals surface area contributed by atoms with Gasteiger partial charge in [0.2, 0.25) is 0 Å². The van der Waals surface area contributed by atoms with E-state index in [1.54, 1.807) is 0 Å². The van der Waals surface area contributed by atoms with E-state index in [0.717, 1.165) is 24.9 Å². The molecule has 1 aliphatic heterocycles. The van der Waals surface area contributed by atoms with Crippen LogP contribution in [0.2, 0.25) is 0 Å². The van der Waals surface area contributed by atoms with E-state index < -0.39 is 0 Å². The summed E-state index contributed by atoms with van der Waals surface area (Å²) >= 11 is 0. The van der Waals surface area contributed by atoms with E-state index in [2.05, 4.69) is 25.2 Å². The van der Waals surface area contributed by atoms with E-state index in [1.165, 1.54) is 11.1 Å². The maximum Gasteiger partial charge on any atom is 0.321 e. The van der Waals surface area contributed by atoms with Gasteiger partial charge in [0.1, 0.15) is 0 Å². The second kappa shape index (κ2) is 6.94. The van der Waals surface area contributed by atoms with Crippen LogP contribution in [-0.2, 0) is 6.42 Å². The highest BCUT2D eigenvalue weighted by Gasteiger charge is 2.25. The molecule has 0 aliphatic carbocycles. The summed E-state index contributed by atoms with van der Waals surface area (Å²) in [6, 6.07) is 6.02. The molecule has 0 radical (unpaired) electrons. The van der Waals surface area contributed by atoms with Gasteiger partial charge in [-0.1, -0.05) is 13.0 Å². The number of nitrogens with one attached hydrogen (secondary N) is 1. The number of urea groups is 1. The third-order valence-corrected chi connectivity index (χ3v) is 4.49. The number of benzene rings is 1. The van der Waals surface area contributed by atoms with Crippen LogP contribution in [0.25, 0.3) is 0 Å². The van der Waals surface area contributed by atoms with Crippen LogP contribution in [0.15, 0.2) is 18.2 Å². The lowest BCUT2D eigenvalue weighted by Crippen LogP contribution is -2.42. The van der Waals surface area contributed by atoms with E-state index in [-0.39, 0.29) is 12.1 Å². The van der Waals surface area contributed by atoms with Crippen molar-refractivity contribution in [2.75, 3.05) is 18.4 Å². The Morgan fingerprint density at radius 3 is 2.67 bits per heavy atom. The maximum atomic E-state index is 12.3. The average Bonchev–Trinajstić information content (AvgIpc) is 2.49. The molecule has 0 spiro atoms. The lowest BCUT2D eigenvalue weighted by molar-refractivity contribution is 0.0820. The molecule has 116 valence electrons. The molecule has 1 heterocycles. The molecule has 2 rings (SSSR count). The molecule has 2 N–H and O–H groups in total. The number of piperidine rings is 1. The van der Waals surface area contributed by atoms with Crippen LogP contribution in [-0.4, -0.2) is 35.2 Å². The molecule has 1 aliphatic rings. The first-order valence-electron chi connectivity index (χ1n) is 7.84. The van der Waals surface area contributed by atoms with Crippen molar-refractivity contribution in [2.24, 2.45) is 5.92 Å². The summed E-state index contributed by atoms with van der Waals surface area (Å²) in [5, 5.41) is 12.6. The van der Waals surface area contributed by atoms with Gasteiger partial charge in [0.15, 0.2) is 0 Å². The zero-order valence-electron chi connectivity index (χ0n) is 13.2. The lowest BCUT2D eigenvalue weighted by atomic mass is 9.92. The molecule has 0 saturated carbocycles. The number of nitrogens with zero attached hydrogens (tertiary/aromatic N) is 1. The average molecular weight is 290 g/mol. The highest BCUT2D eigenvalue weighted by molar-refractivity contribution is 5.89. The van der Waals surface area contributed by atoms with Crippen LogP contribution >= 0.6 is 0 Å². The van der Waals surface area contributed by atoms with E-state index in [9.17, 15) is 9.90 Å². The molecule has 0 bridgehead atoms. The minimum absolute atomic E-state index is 0.0371. The predicted octanol–water partition coefficient (Wildman–Crippen LogP) is 3.18. The van der Waals surface area contributed by atoms with Crippen LogP contribution < -0.4 is 5.32 Å². The molecule has 1 aromatic rings. The number of aliphatic hydroxyl groups is 1. The Morgan fingerprint density at radius 1 is 1.43 bits per heavy atom. The van der Waals surface area contributed by atoms with E-state index in [0.29, 0.717) is 19.0 Å². The molecule has 1 unspecified atom stereocenters. The van der Waals surface area contributed by atoms with Crippen molar-refractivity contribution in [3.05, 3.63) is 29.3 Å². The first kappa shape index (κ1) is 15.8. The molecule has 1 saturated heterocycles. The first-order chi connectivity index (χ1) is 10.0. The number of hydrogen-bond acceptors (Lipinski definition) is 2. The highest BCUT2D eigenvalue weighted by atomic mass is 16.3. The zero-order valence-corrected chi connectivity index (χ0v) is 13.2. The van der Waals surface area contributed by atoms with Gasteiger partial charge in [-0.15, -0.1) is 0 Å². The predicted molar refractivity (Wildman–Crippen MR) is 85.6 cm³/mol. The Balaban J connectivity index is 1.93. The molecule has 4 nitrogen and oxygen atoms in total. The summed E-state index contributed by atoms with van der Waals surface area (Å²) in [7, 11) is 0. The number of aryl methyl sites for hydroxylation is 2. The number of hydrogen-bond donors (Lipinski definition) is 2. The Kier molecular flexibility index (Phi) is 5.23. The fourth-order valence-electron chi connectivity index (χ4n) is 2.92. The van der Waals surface area contributed by atoms with Gasteiger partial charge in [-0.2, -0.15) is 0 Å². The summed E-state index contributed by atoms with van der Waals surface area (Å²) < 4.78 is 0. The molecular formula is C17H26N2O2. The quantitative estimate of drug-likeness (QED) is 0.898. The molecule has 1 fully saturated rings. The van der Waals surface area contributed by atoms with Crippen molar-refractivity contribution in [1.82, 2.24) is 4.90 Å². The summed E-state index contributed by atoms with van der Waals surface area (Å²) in [6.45, 7) is 7.47. The lowest BCUT2D eigenvalue weighted by Gasteiger charge is -2.33. The van der Waals surface area contributed by atoms with Gasteiger partial charge < -0.3 is 15.3 Å². The van der Waals surface area contributed by atoms with E-state index >= 15 is 0 Å². The minimum Gasteiger partial charge on any atom is -0.393 e. The van der Waals surface area contributed by atoms with E-state index in [4.69, 9.17) is 0 Å². The van der Waals surface area contributed by atoms with Crippen molar-refractivity contribution in [2.45, 2.75) is 46.1 Å². The maximum absolute atomic E-state index is 12.3. The molecule has 21 heavy (non-hydrogen) atoms. The van der Waals surface area contributed by atoms with E-state index in [1.807, 2.05) is 24.0 Å². The molecule has 0 aromatic heterocycles. The number of aliphatic hydroxyl groups excluding tert-OH is 1. The van der Waals surface area contributed by atoms with Crippen molar-refractivity contribution in [3.8, 4) is 0 Å². The van der Waals surface area contributed by atoms with Crippen LogP contribution in [0.5, 0.6) is 0 Å². The summed E-state index contributed by atoms with van der Waals surface area (Å²) in [6.07, 6.45) is 2.44. The smallest absolute Gasteiger partial charge is 0.321 e. The fourth-order valence-corrected chi connectivity index (χ4v) is 2.92. The Hall–Kier alpha value is -1.55. The second-order valence-electron chi connectivity index (χ2n) is 5.99. The molecule has 4 heteroatoms. The first-order valence-corrected chi connectivity index (χ1v) is 7.84. The second-order valence-corrected chi connectivity index (χ2v) is 5.99. The van der Waals surface area contributed by atoms with Gasteiger partial charge in [-0.3, -0.25) is 0 Å². The highest BCUT2D eigenvalue weighted by Crippen LogP contribution is 2.22. The fraction of sp³-hybridized carbons (Fsp3) is 0.588. The molecule has 1 aromatic carbocycles. The SMILES string of the molecule is CCc1cc(NC(=O)N2CCC(C(C)O)CC2)ccc1C. The normalized spacial score (nSPS) is 17.6. The Morgan fingerprint density at radius 2 is 2.10 bits per heavy atom. The minimum atomic E-state index is -0.278. The monoisotopic (exact) mass is 290 g/mol. The van der Waals surface area contributed by atoms with Gasteiger partial charge in [0, 0.05) is 18.8 Å². The van der Waals surface area contributed by atoms with Gasteiger partial charge in [-0.25, -0.2) is 4.79 Å². The number of likely N-dealkylation sites (tertiary alicyclic amines) is 1. The number of rotatable bonds is 3. The molecule has 1 atom stereocenters. The van der Waals surface area contributed by atoms with Gasteiger partial charge in [0.25, 0.3) is 0 Å². The number of amides is 2. The molecule has 2 amide bonds. The zero-order chi connectivity index (χ0) is 15.4. The summed E-state index contributed by atoms with van der Waals surface area (Å²) in [5.74, 6) is 0.320. The number of carbonyl (C=O) groups excluding carboxylic acids is 1. The van der Waals surface area contributed by atoms with Gasteiger partial charge >= 0.3 is 6.03 Å². The number of carbonyl (C=O) groups is 1. The van der Waals surface area contributed by atoms with Crippen LogP contribution in [0.1, 0.15) is 37.8 Å². The number of anilines is 1. The standard InChI is InChI=1S/C17H26N2O2/c1-4-14-11-16(6-5-12(14)2)18-17(21)19-9-7-15(8-10-19)13(3)20/h5-6,11,13,15,20H,4,7-10H2,1-3H3,(H,18,21). The molecular weight excluding hydrogens is 264 g/mol. The summed E-state index contributed by atoms with van der Waals surface area (Å²) in [5.41, 5.74) is 3.38. The summed E-state index contributed by atoms with van der Waals surface area (Å²) in [4.78, 5) is 14.1. The largest absolute Gasteiger partial charge is 0.393 e. The third kappa shape index (κ3) is 3.97. The van der Waals surface area contributed by atoms with Crippen molar-refractivity contribution < 1.29 is 9.90 Å². The van der Waals surface area contributed by atoms with Crippen molar-refractivity contribution >= 4 is 11.7 Å². The Bertz CT molecular complexity index is 492. The van der Waals surface area contributed by atoms with Crippen LogP contribution in [0, 0.1) is 12.8 Å². The van der Waals surface area contributed by atoms with Crippen LogP contribution in [0.3, 0.4) is 0 Å². The Labute approximate surface area is 127 Å². The van der Waals surface area contributed by atoms with Gasteiger partial charge in [-0.05, 0) is 62.3 Å². The topological polar surface area (TPSA) is 52.6 Å². The van der Waals surface area contributed by atoms with Gasteiger partial charge in [0.05, 0.1) is 6.10 Å². The van der Waals surface area contributed by atoms with Crippen molar-refractivity contribution in [3.63, 3.8) is 0 Å².